The van der Waals surface area contributed by atoms with Gasteiger partial charge >= 0.3 is 0 Å². The highest BCUT2D eigenvalue weighted by Gasteiger charge is 2.15. The van der Waals surface area contributed by atoms with Gasteiger partial charge in [0.15, 0.2) is 17.5 Å². The Bertz CT molecular complexity index is 2140. The minimum absolute atomic E-state index is 0.608. The van der Waals surface area contributed by atoms with Gasteiger partial charge in [-0.15, -0.1) is 0 Å². The van der Waals surface area contributed by atoms with Crippen LogP contribution in [0.4, 0.5) is 0 Å². The Hall–Kier alpha value is -5.61. The number of aromatic nitrogens is 3. The summed E-state index contributed by atoms with van der Waals surface area (Å²) in [6, 6.07) is 47.6. The lowest BCUT2D eigenvalue weighted by Crippen LogP contribution is -2.00. The number of furan rings is 1. The zero-order chi connectivity index (χ0) is 27.2. The van der Waals surface area contributed by atoms with E-state index in [-0.39, 0.29) is 0 Å². The smallest absolute Gasteiger partial charge is 0.164 e. The normalized spacial score (nSPS) is 11.4. The van der Waals surface area contributed by atoms with Crippen LogP contribution >= 0.6 is 0 Å². The molecule has 8 aromatic rings. The molecule has 0 amide bonds. The molecular formula is C37H23N3O. The predicted molar refractivity (Wildman–Crippen MR) is 166 cm³/mol. The number of nitrogens with zero attached hydrogens (tertiary/aromatic N) is 3. The molecule has 0 aliphatic heterocycles. The first-order valence-electron chi connectivity index (χ1n) is 13.6. The van der Waals surface area contributed by atoms with Gasteiger partial charge in [0.2, 0.25) is 0 Å². The average molecular weight is 526 g/mol. The van der Waals surface area contributed by atoms with E-state index in [1.54, 1.807) is 0 Å². The number of fused-ring (bicyclic) bond motifs is 4. The number of hydrogen-bond donors (Lipinski definition) is 0. The lowest BCUT2D eigenvalue weighted by molar-refractivity contribution is 0.669. The van der Waals surface area contributed by atoms with Crippen LogP contribution in [0.5, 0.6) is 0 Å². The predicted octanol–water partition coefficient (Wildman–Crippen LogP) is 9.59. The topological polar surface area (TPSA) is 51.8 Å². The van der Waals surface area contributed by atoms with Crippen LogP contribution in [0.2, 0.25) is 0 Å². The molecule has 8 rings (SSSR count). The van der Waals surface area contributed by atoms with E-state index in [1.807, 2.05) is 66.7 Å². The van der Waals surface area contributed by atoms with Gasteiger partial charge in [0.1, 0.15) is 11.2 Å². The van der Waals surface area contributed by atoms with Crippen molar-refractivity contribution in [3.63, 3.8) is 0 Å². The molecule has 2 heterocycles. The zero-order valence-electron chi connectivity index (χ0n) is 22.0. The lowest BCUT2D eigenvalue weighted by Gasteiger charge is -2.08. The SMILES string of the molecule is c1ccc(-c2nc(-c3ccccc3)nc(-c3ccc4c(c3)oc3cc(-c5cccc6ccccc56)ccc34)n2)cc1. The van der Waals surface area contributed by atoms with Crippen molar-refractivity contribution in [3.05, 3.63) is 140 Å². The third kappa shape index (κ3) is 4.14. The van der Waals surface area contributed by atoms with Gasteiger partial charge in [-0.1, -0.05) is 115 Å². The molecule has 0 N–H and O–H groups in total. The van der Waals surface area contributed by atoms with Gasteiger partial charge in [-0.2, -0.15) is 0 Å². The third-order valence-electron chi connectivity index (χ3n) is 7.53. The van der Waals surface area contributed by atoms with E-state index < -0.39 is 0 Å². The van der Waals surface area contributed by atoms with Crippen molar-refractivity contribution in [2.24, 2.45) is 0 Å². The second kappa shape index (κ2) is 9.54. The highest BCUT2D eigenvalue weighted by molar-refractivity contribution is 6.08. The molecule has 0 saturated heterocycles. The van der Waals surface area contributed by atoms with E-state index in [9.17, 15) is 0 Å². The van der Waals surface area contributed by atoms with Crippen molar-refractivity contribution in [1.29, 1.82) is 0 Å². The molecule has 0 saturated carbocycles. The Morgan fingerprint density at radius 2 is 0.878 bits per heavy atom. The molecule has 41 heavy (non-hydrogen) atoms. The highest BCUT2D eigenvalue weighted by atomic mass is 16.3. The van der Waals surface area contributed by atoms with Gasteiger partial charge in [-0.25, -0.2) is 15.0 Å². The lowest BCUT2D eigenvalue weighted by atomic mass is 9.97. The van der Waals surface area contributed by atoms with Gasteiger partial charge in [0.05, 0.1) is 0 Å². The molecular weight excluding hydrogens is 502 g/mol. The summed E-state index contributed by atoms with van der Waals surface area (Å²) in [6.45, 7) is 0. The zero-order valence-corrected chi connectivity index (χ0v) is 22.0. The summed E-state index contributed by atoms with van der Waals surface area (Å²) in [5.74, 6) is 1.88. The summed E-state index contributed by atoms with van der Waals surface area (Å²) in [7, 11) is 0. The van der Waals surface area contributed by atoms with E-state index >= 15 is 0 Å². The molecule has 0 atom stereocenters. The molecule has 4 nitrogen and oxygen atoms in total. The summed E-state index contributed by atoms with van der Waals surface area (Å²) < 4.78 is 6.45. The molecule has 0 spiro atoms. The van der Waals surface area contributed by atoms with Crippen molar-refractivity contribution in [2.45, 2.75) is 0 Å². The maximum atomic E-state index is 6.45. The average Bonchev–Trinajstić information content (AvgIpc) is 3.42. The van der Waals surface area contributed by atoms with Gasteiger partial charge in [0, 0.05) is 27.5 Å². The molecule has 0 aliphatic rings. The monoisotopic (exact) mass is 525 g/mol. The molecule has 0 fully saturated rings. The first-order valence-corrected chi connectivity index (χ1v) is 13.6. The molecule has 0 aliphatic carbocycles. The van der Waals surface area contributed by atoms with Gasteiger partial charge < -0.3 is 4.42 Å². The van der Waals surface area contributed by atoms with E-state index in [1.165, 1.54) is 16.3 Å². The van der Waals surface area contributed by atoms with Gasteiger partial charge in [-0.3, -0.25) is 0 Å². The number of benzene rings is 6. The second-order valence-electron chi connectivity index (χ2n) is 10.1. The Morgan fingerprint density at radius 1 is 0.366 bits per heavy atom. The van der Waals surface area contributed by atoms with Crippen LogP contribution in [0, 0.1) is 0 Å². The molecule has 2 aromatic heterocycles. The number of hydrogen-bond acceptors (Lipinski definition) is 4. The van der Waals surface area contributed by atoms with Crippen LogP contribution < -0.4 is 0 Å². The van der Waals surface area contributed by atoms with Crippen LogP contribution in [-0.2, 0) is 0 Å². The summed E-state index contributed by atoms with van der Waals surface area (Å²) in [5.41, 5.74) is 6.74. The highest BCUT2D eigenvalue weighted by Crippen LogP contribution is 2.36. The first kappa shape index (κ1) is 23.3. The molecule has 4 heteroatoms. The van der Waals surface area contributed by atoms with Crippen LogP contribution in [-0.4, -0.2) is 15.0 Å². The maximum absolute atomic E-state index is 6.45. The molecule has 0 unspecified atom stereocenters. The van der Waals surface area contributed by atoms with Crippen molar-refractivity contribution in [1.82, 2.24) is 15.0 Å². The molecule has 0 radical (unpaired) electrons. The van der Waals surface area contributed by atoms with Crippen molar-refractivity contribution in [2.75, 3.05) is 0 Å². The van der Waals surface area contributed by atoms with Crippen molar-refractivity contribution < 1.29 is 4.42 Å². The summed E-state index contributed by atoms with van der Waals surface area (Å²) in [4.78, 5) is 14.6. The van der Waals surface area contributed by atoms with Gasteiger partial charge in [-0.05, 0) is 46.2 Å². The quantitative estimate of drug-likeness (QED) is 0.230. The fourth-order valence-corrected chi connectivity index (χ4v) is 5.50. The van der Waals surface area contributed by atoms with Gasteiger partial charge in [0.25, 0.3) is 0 Å². The summed E-state index contributed by atoms with van der Waals surface area (Å²) >= 11 is 0. The van der Waals surface area contributed by atoms with E-state index in [0.29, 0.717) is 17.5 Å². The maximum Gasteiger partial charge on any atom is 0.164 e. The standard InChI is InChI=1S/C37H23N3O/c1-3-11-25(12-4-1)35-38-36(26-13-5-2-6-14-26)40-37(39-35)28-19-21-32-31-20-18-27(22-33(31)41-34(32)23-28)30-17-9-15-24-10-7-8-16-29(24)30/h1-23H. The van der Waals surface area contributed by atoms with Crippen LogP contribution in [0.15, 0.2) is 144 Å². The first-order chi connectivity index (χ1) is 20.3. The summed E-state index contributed by atoms with van der Waals surface area (Å²) in [5, 5.41) is 4.60. The fraction of sp³-hybridized carbons (Fsp3) is 0. The Labute approximate surface area is 236 Å². The van der Waals surface area contributed by atoms with E-state index in [4.69, 9.17) is 19.4 Å². The second-order valence-corrected chi connectivity index (χ2v) is 10.1. The van der Waals surface area contributed by atoms with Crippen LogP contribution in [0.25, 0.3) is 78.0 Å². The van der Waals surface area contributed by atoms with Crippen molar-refractivity contribution >= 4 is 32.7 Å². The number of rotatable bonds is 4. The third-order valence-corrected chi connectivity index (χ3v) is 7.53. The Balaban J connectivity index is 1.26. The fourth-order valence-electron chi connectivity index (χ4n) is 5.50. The van der Waals surface area contributed by atoms with Crippen molar-refractivity contribution in [3.8, 4) is 45.3 Å². The van der Waals surface area contributed by atoms with E-state index in [0.717, 1.165) is 44.2 Å². The molecule has 0 bridgehead atoms. The Morgan fingerprint density at radius 3 is 1.54 bits per heavy atom. The summed E-state index contributed by atoms with van der Waals surface area (Å²) in [6.07, 6.45) is 0. The van der Waals surface area contributed by atoms with E-state index in [2.05, 4.69) is 72.8 Å². The molecule has 6 aromatic carbocycles. The van der Waals surface area contributed by atoms with Crippen LogP contribution in [0.1, 0.15) is 0 Å². The minimum atomic E-state index is 0.608. The van der Waals surface area contributed by atoms with Crippen LogP contribution in [0.3, 0.4) is 0 Å². The Kier molecular flexibility index (Phi) is 5.42. The molecule has 192 valence electrons. The largest absolute Gasteiger partial charge is 0.456 e. The minimum Gasteiger partial charge on any atom is -0.456 e.